The van der Waals surface area contributed by atoms with Gasteiger partial charge in [0.2, 0.25) is 0 Å². The smallest absolute Gasteiger partial charge is 0.137 e. The number of halogens is 1. The number of nitrogens with two attached hydrogens (primary N) is 1. The summed E-state index contributed by atoms with van der Waals surface area (Å²) in [6.07, 6.45) is 2.00. The van der Waals surface area contributed by atoms with Crippen molar-refractivity contribution in [2.24, 2.45) is 5.73 Å². The topological polar surface area (TPSA) is 35.2 Å². The molecule has 0 saturated carbocycles. The van der Waals surface area contributed by atoms with Crippen molar-refractivity contribution in [2.75, 3.05) is 6.54 Å². The van der Waals surface area contributed by atoms with Gasteiger partial charge in [-0.1, -0.05) is 13.0 Å². The van der Waals surface area contributed by atoms with Gasteiger partial charge < -0.3 is 10.5 Å². The van der Waals surface area contributed by atoms with Gasteiger partial charge in [0.25, 0.3) is 0 Å². The second-order valence-corrected chi connectivity index (χ2v) is 6.36. The van der Waals surface area contributed by atoms with E-state index in [1.807, 2.05) is 0 Å². The van der Waals surface area contributed by atoms with Gasteiger partial charge in [-0.25, -0.2) is 0 Å². The number of ether oxygens (including phenoxy) is 1. The van der Waals surface area contributed by atoms with Gasteiger partial charge in [0, 0.05) is 6.42 Å². The molecule has 1 heterocycles. The Hall–Kier alpha value is -0.540. The highest BCUT2D eigenvalue weighted by atomic mass is 79.9. The van der Waals surface area contributed by atoms with Crippen LogP contribution in [0.15, 0.2) is 16.6 Å². The van der Waals surface area contributed by atoms with Crippen LogP contribution in [0.4, 0.5) is 0 Å². The molecule has 0 saturated heterocycles. The standard InChI is InChI=1S/C14H20BrNO/c1-9(4-5-16)10-6-11-8-14(2,3)17-13(11)12(15)7-10/h6-7,9H,4-5,8,16H2,1-3H3. The molecule has 0 bridgehead atoms. The number of fused-ring (bicyclic) bond motifs is 1. The van der Waals surface area contributed by atoms with Crippen molar-refractivity contribution in [3.63, 3.8) is 0 Å². The van der Waals surface area contributed by atoms with Crippen molar-refractivity contribution in [3.05, 3.63) is 27.7 Å². The molecule has 0 aromatic heterocycles. The van der Waals surface area contributed by atoms with E-state index in [-0.39, 0.29) is 5.60 Å². The molecule has 0 fully saturated rings. The minimum atomic E-state index is -0.0828. The van der Waals surface area contributed by atoms with Gasteiger partial charge in [-0.2, -0.15) is 0 Å². The third-order valence-corrected chi connectivity index (χ3v) is 3.90. The van der Waals surface area contributed by atoms with Crippen LogP contribution in [0.5, 0.6) is 5.75 Å². The van der Waals surface area contributed by atoms with E-state index in [4.69, 9.17) is 10.5 Å². The molecule has 2 rings (SSSR count). The van der Waals surface area contributed by atoms with Crippen LogP contribution in [0.2, 0.25) is 0 Å². The summed E-state index contributed by atoms with van der Waals surface area (Å²) in [6, 6.07) is 4.44. The van der Waals surface area contributed by atoms with Crippen LogP contribution in [0.3, 0.4) is 0 Å². The maximum absolute atomic E-state index is 5.95. The van der Waals surface area contributed by atoms with E-state index in [0.29, 0.717) is 5.92 Å². The summed E-state index contributed by atoms with van der Waals surface area (Å²) in [4.78, 5) is 0. The number of hydrogen-bond acceptors (Lipinski definition) is 2. The Labute approximate surface area is 112 Å². The molecule has 1 atom stereocenters. The molecule has 2 N–H and O–H groups in total. The summed E-state index contributed by atoms with van der Waals surface area (Å²) in [7, 11) is 0. The van der Waals surface area contributed by atoms with Gasteiger partial charge in [0.05, 0.1) is 4.47 Å². The van der Waals surface area contributed by atoms with Crippen molar-refractivity contribution < 1.29 is 4.74 Å². The van der Waals surface area contributed by atoms with Gasteiger partial charge in [-0.3, -0.25) is 0 Å². The molecular weight excluding hydrogens is 278 g/mol. The molecule has 2 nitrogen and oxygen atoms in total. The maximum Gasteiger partial charge on any atom is 0.137 e. The van der Waals surface area contributed by atoms with Crippen LogP contribution >= 0.6 is 15.9 Å². The molecule has 1 aliphatic heterocycles. The Morgan fingerprint density at radius 3 is 2.82 bits per heavy atom. The van der Waals surface area contributed by atoms with Crippen LogP contribution in [0.25, 0.3) is 0 Å². The minimum absolute atomic E-state index is 0.0828. The first-order valence-corrected chi connectivity index (χ1v) is 6.93. The van der Waals surface area contributed by atoms with Crippen molar-refractivity contribution in [1.29, 1.82) is 0 Å². The second kappa shape index (κ2) is 4.62. The first-order chi connectivity index (χ1) is 7.93. The number of benzene rings is 1. The lowest BCUT2D eigenvalue weighted by Gasteiger charge is -2.17. The van der Waals surface area contributed by atoms with Gasteiger partial charge in [0.15, 0.2) is 0 Å². The zero-order valence-electron chi connectivity index (χ0n) is 10.7. The van der Waals surface area contributed by atoms with E-state index in [0.717, 1.165) is 29.6 Å². The summed E-state index contributed by atoms with van der Waals surface area (Å²) in [5.74, 6) is 1.52. The van der Waals surface area contributed by atoms with Crippen molar-refractivity contribution in [3.8, 4) is 5.75 Å². The number of hydrogen-bond donors (Lipinski definition) is 1. The van der Waals surface area contributed by atoms with Gasteiger partial charge in [-0.05, 0) is 65.9 Å². The lowest BCUT2D eigenvalue weighted by Crippen LogP contribution is -2.24. The van der Waals surface area contributed by atoms with Crippen molar-refractivity contribution in [2.45, 2.75) is 45.1 Å². The Morgan fingerprint density at radius 1 is 1.47 bits per heavy atom. The fourth-order valence-corrected chi connectivity index (χ4v) is 2.99. The van der Waals surface area contributed by atoms with Crippen molar-refractivity contribution in [1.82, 2.24) is 0 Å². The number of rotatable bonds is 3. The molecule has 0 radical (unpaired) electrons. The van der Waals surface area contributed by atoms with E-state index in [1.165, 1.54) is 11.1 Å². The highest BCUT2D eigenvalue weighted by Crippen LogP contribution is 2.42. The Balaban J connectivity index is 2.33. The fraction of sp³-hybridized carbons (Fsp3) is 0.571. The van der Waals surface area contributed by atoms with Crippen LogP contribution in [0, 0.1) is 0 Å². The first-order valence-electron chi connectivity index (χ1n) is 6.14. The lowest BCUT2D eigenvalue weighted by molar-refractivity contribution is 0.137. The molecule has 0 spiro atoms. The molecular formula is C14H20BrNO. The van der Waals surface area contributed by atoms with Gasteiger partial charge >= 0.3 is 0 Å². The van der Waals surface area contributed by atoms with E-state index in [2.05, 4.69) is 48.8 Å². The quantitative estimate of drug-likeness (QED) is 0.925. The van der Waals surface area contributed by atoms with E-state index in [1.54, 1.807) is 0 Å². The van der Waals surface area contributed by atoms with E-state index < -0.39 is 0 Å². The van der Waals surface area contributed by atoms with Crippen molar-refractivity contribution >= 4 is 15.9 Å². The molecule has 1 aromatic carbocycles. The molecule has 1 unspecified atom stereocenters. The minimum Gasteiger partial charge on any atom is -0.486 e. The monoisotopic (exact) mass is 297 g/mol. The molecule has 94 valence electrons. The summed E-state index contributed by atoms with van der Waals surface area (Å²) < 4.78 is 7.02. The van der Waals surface area contributed by atoms with Crippen LogP contribution in [-0.2, 0) is 6.42 Å². The molecule has 1 aliphatic rings. The first kappa shape index (κ1) is 12.9. The highest BCUT2D eigenvalue weighted by molar-refractivity contribution is 9.10. The van der Waals surface area contributed by atoms with E-state index >= 15 is 0 Å². The third-order valence-electron chi connectivity index (χ3n) is 3.31. The summed E-state index contributed by atoms with van der Waals surface area (Å²) in [5.41, 5.74) is 8.20. The predicted molar refractivity (Wildman–Crippen MR) is 74.6 cm³/mol. The average Bonchev–Trinajstić information content (AvgIpc) is 2.53. The molecule has 17 heavy (non-hydrogen) atoms. The Bertz CT molecular complexity index is 428. The molecule has 0 amide bonds. The zero-order chi connectivity index (χ0) is 12.6. The summed E-state index contributed by atoms with van der Waals surface area (Å²) in [5, 5.41) is 0. The largest absolute Gasteiger partial charge is 0.486 e. The van der Waals surface area contributed by atoms with Gasteiger partial charge in [0.1, 0.15) is 11.4 Å². The van der Waals surface area contributed by atoms with E-state index in [9.17, 15) is 0 Å². The average molecular weight is 298 g/mol. The molecule has 0 aliphatic carbocycles. The normalized spacial score (nSPS) is 18.6. The zero-order valence-corrected chi connectivity index (χ0v) is 12.3. The Morgan fingerprint density at radius 2 is 2.18 bits per heavy atom. The van der Waals surface area contributed by atoms with Crippen LogP contribution < -0.4 is 10.5 Å². The highest BCUT2D eigenvalue weighted by Gasteiger charge is 2.32. The second-order valence-electron chi connectivity index (χ2n) is 5.51. The SMILES string of the molecule is CC(CCN)c1cc(Br)c2c(c1)CC(C)(C)O2. The Kier molecular flexibility index (Phi) is 3.50. The van der Waals surface area contributed by atoms with Crippen LogP contribution in [-0.4, -0.2) is 12.1 Å². The molecule has 3 heteroatoms. The lowest BCUT2D eigenvalue weighted by atomic mass is 9.93. The van der Waals surface area contributed by atoms with Crippen LogP contribution in [0.1, 0.15) is 44.2 Å². The predicted octanol–water partition coefficient (Wildman–Crippen LogP) is 3.61. The van der Waals surface area contributed by atoms with Gasteiger partial charge in [-0.15, -0.1) is 0 Å². The maximum atomic E-state index is 5.95. The fourth-order valence-electron chi connectivity index (χ4n) is 2.39. The third kappa shape index (κ3) is 2.66. The molecule has 1 aromatic rings. The summed E-state index contributed by atoms with van der Waals surface area (Å²) >= 11 is 3.61. The summed E-state index contributed by atoms with van der Waals surface area (Å²) in [6.45, 7) is 7.21.